The summed E-state index contributed by atoms with van der Waals surface area (Å²) in [5.41, 5.74) is 5.70. The first-order valence-electron chi connectivity index (χ1n) is 14.7. The van der Waals surface area contributed by atoms with Gasteiger partial charge in [-0.2, -0.15) is 0 Å². The van der Waals surface area contributed by atoms with Gasteiger partial charge >= 0.3 is 5.97 Å². The van der Waals surface area contributed by atoms with E-state index in [-0.39, 0.29) is 37.5 Å². The Hall–Kier alpha value is -1.40. The number of carbonyl (C=O) groups excluding carboxylic acids is 2. The molecule has 6 N–H and O–H groups in total. The average molecular weight is 553 g/mol. The number of hydrogen-bond acceptors (Lipinski definition) is 10. The number of fused-ring (bicyclic) bond motifs is 2. The Kier molecular flexibility index (Phi) is 10.2. The minimum atomic E-state index is -1.02. The fourth-order valence-corrected chi connectivity index (χ4v) is 7.12. The van der Waals surface area contributed by atoms with Crippen LogP contribution in [0.3, 0.4) is 0 Å². The zero-order chi connectivity index (χ0) is 28.3. The third kappa shape index (κ3) is 6.58. The standard InChI is InChI=1S/C29H48N2O8/c1-4-16(2)28(36)38-22-13-20-25(35)24-21(34)12-18(15-33)37-27(24)19(6-5-11-32)26(20)39-29(22,3)10-9-17-7-8-23(30)31-14-17/h4,17-20,22-27,31-33,35H,5-15,30H2,1-3H3. The molecule has 0 aromatic rings. The summed E-state index contributed by atoms with van der Waals surface area (Å²) in [7, 11) is 0. The number of piperidine rings is 1. The SMILES string of the molecule is CC=C(C)C(=O)OC1CC2C(O)C3C(=O)CC(CO)OC3C(CCCO)C2OC1(C)CCC1CCC(N)NC1. The Balaban J connectivity index is 1.63. The van der Waals surface area contributed by atoms with Crippen molar-refractivity contribution in [3.05, 3.63) is 11.6 Å². The predicted molar refractivity (Wildman–Crippen MR) is 143 cm³/mol. The zero-order valence-electron chi connectivity index (χ0n) is 23.6. The third-order valence-corrected chi connectivity index (χ3v) is 9.66. The van der Waals surface area contributed by atoms with Crippen LogP contribution >= 0.6 is 0 Å². The number of aliphatic hydroxyl groups excluding tert-OH is 3. The summed E-state index contributed by atoms with van der Waals surface area (Å²) >= 11 is 0. The van der Waals surface area contributed by atoms with Gasteiger partial charge in [0.05, 0.1) is 43.1 Å². The molecule has 4 fully saturated rings. The first kappa shape index (κ1) is 30.6. The van der Waals surface area contributed by atoms with Crippen LogP contribution < -0.4 is 11.1 Å². The minimum absolute atomic E-state index is 0.0118. The van der Waals surface area contributed by atoms with E-state index in [9.17, 15) is 24.9 Å². The van der Waals surface area contributed by atoms with Gasteiger partial charge in [0.2, 0.25) is 0 Å². The second-order valence-electron chi connectivity index (χ2n) is 12.3. The number of rotatable bonds is 9. The highest BCUT2D eigenvalue weighted by Gasteiger charge is 2.61. The van der Waals surface area contributed by atoms with Crippen LogP contribution in [-0.4, -0.2) is 89.1 Å². The number of nitrogens with one attached hydrogen (secondary N) is 1. The molecule has 1 saturated carbocycles. The summed E-state index contributed by atoms with van der Waals surface area (Å²) in [6.07, 6.45) is 3.35. The van der Waals surface area contributed by atoms with Gasteiger partial charge in [0.15, 0.2) is 0 Å². The number of aliphatic hydroxyl groups is 3. The number of hydrogen-bond donors (Lipinski definition) is 5. The number of allylic oxidation sites excluding steroid dienone is 1. The molecule has 1 aliphatic carbocycles. The summed E-state index contributed by atoms with van der Waals surface area (Å²) in [5.74, 6) is -1.54. The molecule has 0 radical (unpaired) electrons. The molecule has 0 amide bonds. The van der Waals surface area contributed by atoms with Crippen LogP contribution in [0.2, 0.25) is 0 Å². The number of ketones is 1. The van der Waals surface area contributed by atoms with Gasteiger partial charge in [-0.05, 0) is 78.2 Å². The Labute approximate surface area is 231 Å². The molecule has 3 heterocycles. The van der Waals surface area contributed by atoms with E-state index in [1.807, 2.05) is 6.92 Å². The summed E-state index contributed by atoms with van der Waals surface area (Å²) in [6.45, 7) is 6.03. The van der Waals surface area contributed by atoms with E-state index in [0.29, 0.717) is 37.2 Å². The van der Waals surface area contributed by atoms with Crippen LogP contribution in [0.1, 0.15) is 72.1 Å². The Morgan fingerprint density at radius 1 is 1.26 bits per heavy atom. The zero-order valence-corrected chi connectivity index (χ0v) is 23.6. The first-order valence-corrected chi connectivity index (χ1v) is 14.7. The van der Waals surface area contributed by atoms with Crippen molar-refractivity contribution in [2.45, 2.75) is 114 Å². The highest BCUT2D eigenvalue weighted by molar-refractivity contribution is 5.87. The lowest BCUT2D eigenvalue weighted by molar-refractivity contribution is -0.284. The molecule has 4 aliphatic rings. The van der Waals surface area contributed by atoms with Gasteiger partial charge in [-0.25, -0.2) is 4.79 Å². The van der Waals surface area contributed by atoms with E-state index in [1.165, 1.54) is 0 Å². The fourth-order valence-electron chi connectivity index (χ4n) is 7.12. The Bertz CT molecular complexity index is 891. The van der Waals surface area contributed by atoms with Crippen molar-refractivity contribution >= 4 is 11.8 Å². The maximum Gasteiger partial charge on any atom is 0.333 e. The first-order chi connectivity index (χ1) is 18.6. The number of ether oxygens (including phenoxy) is 3. The maximum atomic E-state index is 13.2. The van der Waals surface area contributed by atoms with Gasteiger partial charge in [-0.3, -0.25) is 4.79 Å². The number of esters is 1. The summed E-state index contributed by atoms with van der Waals surface area (Å²) in [6, 6.07) is 0. The highest BCUT2D eigenvalue weighted by atomic mass is 16.6. The van der Waals surface area contributed by atoms with E-state index in [1.54, 1.807) is 19.9 Å². The topological polar surface area (TPSA) is 161 Å². The van der Waals surface area contributed by atoms with Crippen molar-refractivity contribution in [1.29, 1.82) is 0 Å². The lowest BCUT2D eigenvalue weighted by Gasteiger charge is -2.58. The van der Waals surface area contributed by atoms with Crippen molar-refractivity contribution in [3.63, 3.8) is 0 Å². The molecular weight excluding hydrogens is 504 g/mol. The van der Waals surface area contributed by atoms with Gasteiger partial charge < -0.3 is 40.6 Å². The monoisotopic (exact) mass is 552 g/mol. The minimum Gasteiger partial charge on any atom is -0.456 e. The summed E-state index contributed by atoms with van der Waals surface area (Å²) < 4.78 is 19.2. The van der Waals surface area contributed by atoms with E-state index in [4.69, 9.17) is 19.9 Å². The van der Waals surface area contributed by atoms with Crippen LogP contribution in [-0.2, 0) is 23.8 Å². The summed E-state index contributed by atoms with van der Waals surface area (Å²) in [4.78, 5) is 26.1. The van der Waals surface area contributed by atoms with Gasteiger partial charge in [-0.15, -0.1) is 0 Å². The molecule has 10 nitrogen and oxygen atoms in total. The van der Waals surface area contributed by atoms with E-state index in [0.717, 1.165) is 25.8 Å². The average Bonchev–Trinajstić information content (AvgIpc) is 2.92. The Morgan fingerprint density at radius 2 is 2.03 bits per heavy atom. The van der Waals surface area contributed by atoms with Crippen LogP contribution in [0.5, 0.6) is 0 Å². The van der Waals surface area contributed by atoms with Crippen molar-refractivity contribution < 1.29 is 39.1 Å². The predicted octanol–water partition coefficient (Wildman–Crippen LogP) is 1.19. The van der Waals surface area contributed by atoms with Gasteiger partial charge in [0.25, 0.3) is 0 Å². The molecule has 39 heavy (non-hydrogen) atoms. The molecule has 0 aromatic carbocycles. The molecule has 3 aliphatic heterocycles. The van der Waals surface area contributed by atoms with Gasteiger partial charge in [-0.1, -0.05) is 6.08 Å². The van der Waals surface area contributed by atoms with Crippen LogP contribution in [0, 0.1) is 23.7 Å². The summed E-state index contributed by atoms with van der Waals surface area (Å²) in [5, 5.41) is 34.3. The lowest BCUT2D eigenvalue weighted by Crippen LogP contribution is -2.67. The molecule has 222 valence electrons. The maximum absolute atomic E-state index is 13.2. The largest absolute Gasteiger partial charge is 0.456 e. The van der Waals surface area contributed by atoms with Crippen molar-refractivity contribution in [3.8, 4) is 0 Å². The molecule has 4 rings (SSSR count). The molecule has 11 atom stereocenters. The normalized spacial score (nSPS) is 42.9. The molecule has 3 saturated heterocycles. The fraction of sp³-hybridized carbons (Fsp3) is 0.862. The van der Waals surface area contributed by atoms with E-state index in [2.05, 4.69) is 5.32 Å². The highest BCUT2D eigenvalue weighted by Crippen LogP contribution is 2.51. The van der Waals surface area contributed by atoms with Crippen LogP contribution in [0.25, 0.3) is 0 Å². The van der Waals surface area contributed by atoms with Crippen molar-refractivity contribution in [2.24, 2.45) is 29.4 Å². The molecule has 0 bridgehead atoms. The van der Waals surface area contributed by atoms with E-state index < -0.39 is 53.9 Å². The lowest BCUT2D eigenvalue weighted by atomic mass is 9.61. The van der Waals surface area contributed by atoms with Crippen LogP contribution in [0.4, 0.5) is 0 Å². The molecular formula is C29H48N2O8. The second kappa shape index (κ2) is 13.1. The second-order valence-corrected chi connectivity index (χ2v) is 12.3. The number of nitrogens with two attached hydrogens (primary N) is 1. The molecule has 0 aromatic heterocycles. The molecule has 10 heteroatoms. The smallest absolute Gasteiger partial charge is 0.333 e. The van der Waals surface area contributed by atoms with Crippen LogP contribution in [0.15, 0.2) is 11.6 Å². The van der Waals surface area contributed by atoms with Gasteiger partial charge in [0, 0.05) is 30.4 Å². The Morgan fingerprint density at radius 3 is 2.67 bits per heavy atom. The van der Waals surface area contributed by atoms with Crippen molar-refractivity contribution in [1.82, 2.24) is 5.32 Å². The van der Waals surface area contributed by atoms with E-state index >= 15 is 0 Å². The quantitative estimate of drug-likeness (QED) is 0.208. The third-order valence-electron chi connectivity index (χ3n) is 9.66. The molecule has 11 unspecified atom stereocenters. The van der Waals surface area contributed by atoms with Gasteiger partial charge in [0.1, 0.15) is 17.5 Å². The number of carbonyl (C=O) groups is 2. The number of Topliss-reactive ketones (excluding diaryl/α,β-unsaturated/α-hetero) is 1. The van der Waals surface area contributed by atoms with Crippen molar-refractivity contribution in [2.75, 3.05) is 19.8 Å². The molecule has 0 spiro atoms.